The number of aryl methyl sites for hydroxylation is 2. The zero-order chi connectivity index (χ0) is 15.6. The SMILES string of the molecule is Cc1ccccc1-c1cc(Nc2nc[nH]n2)c2c(n1)CCCC2. The number of aromatic nitrogens is 4. The van der Waals surface area contributed by atoms with Gasteiger partial charge in [0.2, 0.25) is 5.95 Å². The number of rotatable bonds is 3. The van der Waals surface area contributed by atoms with Gasteiger partial charge in [0.15, 0.2) is 0 Å². The highest BCUT2D eigenvalue weighted by Crippen LogP contribution is 2.33. The van der Waals surface area contributed by atoms with Gasteiger partial charge in [0.25, 0.3) is 0 Å². The number of fused-ring (bicyclic) bond motifs is 1. The Kier molecular flexibility index (Phi) is 3.54. The number of anilines is 2. The lowest BCUT2D eigenvalue weighted by Crippen LogP contribution is -2.10. The minimum atomic E-state index is 0.597. The van der Waals surface area contributed by atoms with E-state index in [0.29, 0.717) is 5.95 Å². The molecule has 0 fully saturated rings. The predicted octanol–water partition coefficient (Wildman–Crippen LogP) is 3.80. The Hall–Kier alpha value is -2.69. The van der Waals surface area contributed by atoms with E-state index in [1.54, 1.807) is 6.33 Å². The molecular formula is C18H19N5. The fraction of sp³-hybridized carbons (Fsp3) is 0.278. The highest BCUT2D eigenvalue weighted by atomic mass is 15.3. The summed E-state index contributed by atoms with van der Waals surface area (Å²) in [6, 6.07) is 10.5. The van der Waals surface area contributed by atoms with Crippen LogP contribution in [-0.2, 0) is 12.8 Å². The molecule has 4 rings (SSSR count). The van der Waals surface area contributed by atoms with Crippen molar-refractivity contribution in [3.63, 3.8) is 0 Å². The predicted molar refractivity (Wildman–Crippen MR) is 90.7 cm³/mol. The van der Waals surface area contributed by atoms with Crippen LogP contribution in [0.4, 0.5) is 11.6 Å². The molecule has 2 aromatic heterocycles. The standard InChI is InChI=1S/C18H19N5/c1-12-6-2-3-7-13(12)16-10-17(22-18-19-11-20-23-18)14-8-4-5-9-15(14)21-16/h2-3,6-7,10-11H,4-5,8-9H2,1H3,(H2,19,20,21,22,23). The van der Waals surface area contributed by atoms with Crippen LogP contribution in [0.3, 0.4) is 0 Å². The average molecular weight is 305 g/mol. The quantitative estimate of drug-likeness (QED) is 0.772. The van der Waals surface area contributed by atoms with E-state index in [1.165, 1.54) is 35.2 Å². The van der Waals surface area contributed by atoms with E-state index < -0.39 is 0 Å². The monoisotopic (exact) mass is 305 g/mol. The molecular weight excluding hydrogens is 286 g/mol. The van der Waals surface area contributed by atoms with Crippen LogP contribution in [0.2, 0.25) is 0 Å². The van der Waals surface area contributed by atoms with Crippen LogP contribution >= 0.6 is 0 Å². The van der Waals surface area contributed by atoms with Crippen LogP contribution in [0.15, 0.2) is 36.7 Å². The largest absolute Gasteiger partial charge is 0.323 e. The zero-order valence-electron chi connectivity index (χ0n) is 13.1. The molecule has 5 nitrogen and oxygen atoms in total. The van der Waals surface area contributed by atoms with Gasteiger partial charge in [-0.1, -0.05) is 24.3 Å². The number of H-pyrrole nitrogens is 1. The van der Waals surface area contributed by atoms with Gasteiger partial charge < -0.3 is 5.32 Å². The van der Waals surface area contributed by atoms with E-state index in [1.807, 2.05) is 0 Å². The molecule has 116 valence electrons. The third-order valence-electron chi connectivity index (χ3n) is 4.38. The first-order valence-electron chi connectivity index (χ1n) is 8.03. The van der Waals surface area contributed by atoms with Gasteiger partial charge in [-0.05, 0) is 49.8 Å². The van der Waals surface area contributed by atoms with Crippen LogP contribution < -0.4 is 5.32 Å². The maximum Gasteiger partial charge on any atom is 0.246 e. The van der Waals surface area contributed by atoms with Gasteiger partial charge in [0.1, 0.15) is 6.33 Å². The number of nitrogens with one attached hydrogen (secondary N) is 2. The highest BCUT2D eigenvalue weighted by Gasteiger charge is 2.18. The summed E-state index contributed by atoms with van der Waals surface area (Å²) >= 11 is 0. The molecule has 0 atom stereocenters. The van der Waals surface area contributed by atoms with Gasteiger partial charge in [-0.3, -0.25) is 10.1 Å². The lowest BCUT2D eigenvalue weighted by atomic mass is 9.93. The van der Waals surface area contributed by atoms with Crippen LogP contribution in [0.5, 0.6) is 0 Å². The molecule has 0 saturated heterocycles. The Morgan fingerprint density at radius 2 is 2.00 bits per heavy atom. The van der Waals surface area contributed by atoms with E-state index in [2.05, 4.69) is 57.8 Å². The van der Waals surface area contributed by atoms with Crippen molar-refractivity contribution in [1.82, 2.24) is 20.2 Å². The molecule has 1 aliphatic carbocycles. The molecule has 0 radical (unpaired) electrons. The average Bonchev–Trinajstić information content (AvgIpc) is 3.08. The summed E-state index contributed by atoms with van der Waals surface area (Å²) < 4.78 is 0. The van der Waals surface area contributed by atoms with Crippen LogP contribution in [0, 0.1) is 6.92 Å². The molecule has 1 aromatic carbocycles. The maximum absolute atomic E-state index is 4.95. The van der Waals surface area contributed by atoms with Gasteiger partial charge in [0, 0.05) is 16.9 Å². The Labute approximate surface area is 135 Å². The topological polar surface area (TPSA) is 66.5 Å². The van der Waals surface area contributed by atoms with Crippen LogP contribution in [-0.4, -0.2) is 20.2 Å². The summed E-state index contributed by atoms with van der Waals surface area (Å²) in [5, 5.41) is 10.2. The van der Waals surface area contributed by atoms with Crippen molar-refractivity contribution in [3.8, 4) is 11.3 Å². The second-order valence-corrected chi connectivity index (χ2v) is 5.95. The first kappa shape index (κ1) is 13.9. The lowest BCUT2D eigenvalue weighted by Gasteiger charge is -2.20. The summed E-state index contributed by atoms with van der Waals surface area (Å²) in [6.07, 6.45) is 6.09. The molecule has 2 heterocycles. The normalized spacial score (nSPS) is 13.6. The van der Waals surface area contributed by atoms with Crippen molar-refractivity contribution >= 4 is 11.6 Å². The number of benzene rings is 1. The van der Waals surface area contributed by atoms with Crippen molar-refractivity contribution in [1.29, 1.82) is 0 Å². The molecule has 1 aliphatic rings. The molecule has 0 spiro atoms. The van der Waals surface area contributed by atoms with Crippen molar-refractivity contribution in [2.45, 2.75) is 32.6 Å². The van der Waals surface area contributed by atoms with Crippen molar-refractivity contribution in [2.24, 2.45) is 0 Å². The molecule has 23 heavy (non-hydrogen) atoms. The molecule has 0 amide bonds. The fourth-order valence-corrected chi connectivity index (χ4v) is 3.20. The Bertz CT molecular complexity index is 823. The summed E-state index contributed by atoms with van der Waals surface area (Å²) in [7, 11) is 0. The van der Waals surface area contributed by atoms with E-state index in [9.17, 15) is 0 Å². The van der Waals surface area contributed by atoms with Gasteiger partial charge in [-0.2, -0.15) is 0 Å². The number of hydrogen-bond acceptors (Lipinski definition) is 4. The van der Waals surface area contributed by atoms with Crippen LogP contribution in [0.1, 0.15) is 29.7 Å². The molecule has 5 heteroatoms. The lowest BCUT2D eigenvalue weighted by molar-refractivity contribution is 0.670. The molecule has 2 N–H and O–H groups in total. The zero-order valence-corrected chi connectivity index (χ0v) is 13.1. The van der Waals surface area contributed by atoms with E-state index >= 15 is 0 Å². The first-order valence-corrected chi connectivity index (χ1v) is 8.03. The number of pyridine rings is 1. The Morgan fingerprint density at radius 3 is 2.83 bits per heavy atom. The Morgan fingerprint density at radius 1 is 1.13 bits per heavy atom. The molecule has 0 bridgehead atoms. The van der Waals surface area contributed by atoms with Gasteiger partial charge in [-0.25, -0.2) is 4.98 Å². The number of aromatic amines is 1. The molecule has 0 saturated carbocycles. The summed E-state index contributed by atoms with van der Waals surface area (Å²) in [5.41, 5.74) is 7.02. The van der Waals surface area contributed by atoms with Crippen molar-refractivity contribution in [3.05, 3.63) is 53.5 Å². The smallest absolute Gasteiger partial charge is 0.246 e. The van der Waals surface area contributed by atoms with E-state index in [4.69, 9.17) is 4.98 Å². The van der Waals surface area contributed by atoms with Crippen molar-refractivity contribution < 1.29 is 0 Å². The van der Waals surface area contributed by atoms with E-state index in [0.717, 1.165) is 24.2 Å². The summed E-state index contributed by atoms with van der Waals surface area (Å²) in [4.78, 5) is 9.13. The third-order valence-corrected chi connectivity index (χ3v) is 4.38. The molecule has 0 unspecified atom stereocenters. The van der Waals surface area contributed by atoms with Gasteiger partial charge >= 0.3 is 0 Å². The molecule has 0 aliphatic heterocycles. The number of hydrogen-bond donors (Lipinski definition) is 2. The molecule has 3 aromatic rings. The second kappa shape index (κ2) is 5.83. The van der Waals surface area contributed by atoms with Gasteiger partial charge in [0.05, 0.1) is 5.69 Å². The van der Waals surface area contributed by atoms with Crippen LogP contribution in [0.25, 0.3) is 11.3 Å². The van der Waals surface area contributed by atoms with Gasteiger partial charge in [-0.15, -0.1) is 5.10 Å². The van der Waals surface area contributed by atoms with Crippen molar-refractivity contribution in [2.75, 3.05) is 5.32 Å². The highest BCUT2D eigenvalue weighted by molar-refractivity contribution is 5.71. The first-order chi connectivity index (χ1) is 11.3. The minimum Gasteiger partial charge on any atom is -0.323 e. The number of nitrogens with zero attached hydrogens (tertiary/aromatic N) is 3. The summed E-state index contributed by atoms with van der Waals surface area (Å²) in [5.74, 6) is 0.597. The maximum atomic E-state index is 4.95. The van der Waals surface area contributed by atoms with E-state index in [-0.39, 0.29) is 0 Å². The summed E-state index contributed by atoms with van der Waals surface area (Å²) in [6.45, 7) is 2.12. The Balaban J connectivity index is 1.83. The fourth-order valence-electron chi connectivity index (χ4n) is 3.20. The second-order valence-electron chi connectivity index (χ2n) is 5.95. The minimum absolute atomic E-state index is 0.597. The third kappa shape index (κ3) is 2.70.